The van der Waals surface area contributed by atoms with Crippen molar-refractivity contribution in [2.24, 2.45) is 5.73 Å². The number of nitrogens with two attached hydrogens (primary N) is 1. The molecule has 17 heavy (non-hydrogen) atoms. The van der Waals surface area contributed by atoms with Gasteiger partial charge in [-0.1, -0.05) is 0 Å². The van der Waals surface area contributed by atoms with Gasteiger partial charge in [0, 0.05) is 25.3 Å². The lowest BCUT2D eigenvalue weighted by Gasteiger charge is -2.38. The maximum atomic E-state index is 5.89. The summed E-state index contributed by atoms with van der Waals surface area (Å²) in [6, 6.07) is 4.09. The molecule has 94 valence electrons. The van der Waals surface area contributed by atoms with Gasteiger partial charge in [-0.3, -0.25) is 0 Å². The van der Waals surface area contributed by atoms with Crippen LogP contribution in [0, 0.1) is 0 Å². The van der Waals surface area contributed by atoms with Crippen molar-refractivity contribution in [2.45, 2.75) is 32.4 Å². The van der Waals surface area contributed by atoms with Crippen molar-refractivity contribution in [3.63, 3.8) is 0 Å². The third-order valence-electron chi connectivity index (χ3n) is 3.04. The molecule has 1 aliphatic heterocycles. The topological polar surface area (TPSA) is 51.4 Å². The lowest BCUT2D eigenvalue weighted by molar-refractivity contribution is -0.0279. The normalized spacial score (nSPS) is 21.3. The fourth-order valence-electron chi connectivity index (χ4n) is 2.10. The molecule has 0 aliphatic carbocycles. The van der Waals surface area contributed by atoms with Gasteiger partial charge in [0.2, 0.25) is 0 Å². The van der Waals surface area contributed by atoms with Gasteiger partial charge in [0.1, 0.15) is 5.82 Å². The third-order valence-corrected chi connectivity index (χ3v) is 3.04. The number of rotatable bonds is 2. The van der Waals surface area contributed by atoms with Crippen LogP contribution in [0.2, 0.25) is 0 Å². The first kappa shape index (κ1) is 12.3. The van der Waals surface area contributed by atoms with E-state index in [9.17, 15) is 0 Å². The summed E-state index contributed by atoms with van der Waals surface area (Å²) in [5, 5.41) is 0. The number of ether oxygens (including phenoxy) is 1. The second-order valence-electron chi connectivity index (χ2n) is 5.27. The summed E-state index contributed by atoms with van der Waals surface area (Å²) < 4.78 is 5.70. The Morgan fingerprint density at radius 2 is 2.29 bits per heavy atom. The molecular formula is C13H21N3O. The molecule has 0 unspecified atom stereocenters. The molecule has 1 aliphatic rings. The molecule has 1 fully saturated rings. The van der Waals surface area contributed by atoms with E-state index < -0.39 is 0 Å². The number of morpholine rings is 1. The average molecular weight is 235 g/mol. The molecule has 2 heterocycles. The van der Waals surface area contributed by atoms with Crippen LogP contribution in [-0.4, -0.2) is 30.3 Å². The summed E-state index contributed by atoms with van der Waals surface area (Å²) >= 11 is 0. The largest absolute Gasteiger partial charge is 0.372 e. The van der Waals surface area contributed by atoms with E-state index in [2.05, 4.69) is 29.8 Å². The van der Waals surface area contributed by atoms with Gasteiger partial charge in [-0.2, -0.15) is 0 Å². The Morgan fingerprint density at radius 3 is 2.94 bits per heavy atom. The van der Waals surface area contributed by atoms with E-state index in [1.54, 1.807) is 0 Å². The average Bonchev–Trinajstić information content (AvgIpc) is 2.28. The van der Waals surface area contributed by atoms with Crippen LogP contribution in [0.4, 0.5) is 5.82 Å². The molecule has 0 bridgehead atoms. The Labute approximate surface area is 103 Å². The molecule has 1 aromatic heterocycles. The zero-order chi connectivity index (χ0) is 12.5. The van der Waals surface area contributed by atoms with Crippen LogP contribution in [-0.2, 0) is 4.74 Å². The molecule has 1 aromatic rings. The quantitative estimate of drug-likeness (QED) is 0.848. The summed E-state index contributed by atoms with van der Waals surface area (Å²) in [6.45, 7) is 8.70. The molecule has 4 heteroatoms. The summed E-state index contributed by atoms with van der Waals surface area (Å²) in [4.78, 5) is 6.69. The zero-order valence-electron chi connectivity index (χ0n) is 10.8. The lowest BCUT2D eigenvalue weighted by Crippen LogP contribution is -2.48. The molecule has 2 rings (SSSR count). The lowest BCUT2D eigenvalue weighted by atomic mass is 10.1. The van der Waals surface area contributed by atoms with E-state index in [1.165, 1.54) is 0 Å². The van der Waals surface area contributed by atoms with Crippen molar-refractivity contribution in [2.75, 3.05) is 24.6 Å². The van der Waals surface area contributed by atoms with Crippen molar-refractivity contribution in [1.82, 2.24) is 4.98 Å². The van der Waals surface area contributed by atoms with E-state index in [1.807, 2.05) is 19.2 Å². The fourth-order valence-corrected chi connectivity index (χ4v) is 2.10. The highest BCUT2D eigenvalue weighted by Crippen LogP contribution is 2.23. The number of hydrogen-bond acceptors (Lipinski definition) is 4. The Balaban J connectivity index is 2.19. The monoisotopic (exact) mass is 235 g/mol. The van der Waals surface area contributed by atoms with Gasteiger partial charge < -0.3 is 15.4 Å². The molecule has 2 N–H and O–H groups in total. The number of aromatic nitrogens is 1. The number of nitrogens with zero attached hydrogens (tertiary/aromatic N) is 2. The molecular weight excluding hydrogens is 214 g/mol. The first-order chi connectivity index (χ1) is 7.98. The maximum Gasteiger partial charge on any atom is 0.128 e. The molecule has 1 saturated heterocycles. The highest BCUT2D eigenvalue weighted by molar-refractivity contribution is 5.42. The Morgan fingerprint density at radius 1 is 1.53 bits per heavy atom. The van der Waals surface area contributed by atoms with Crippen molar-refractivity contribution in [3.05, 3.63) is 23.9 Å². The van der Waals surface area contributed by atoms with Crippen LogP contribution in [0.15, 0.2) is 18.3 Å². The van der Waals surface area contributed by atoms with Gasteiger partial charge in [0.15, 0.2) is 0 Å². The molecule has 0 spiro atoms. The van der Waals surface area contributed by atoms with Crippen molar-refractivity contribution in [3.8, 4) is 0 Å². The van der Waals surface area contributed by atoms with E-state index in [4.69, 9.17) is 10.5 Å². The van der Waals surface area contributed by atoms with Crippen LogP contribution in [0.25, 0.3) is 0 Å². The number of hydrogen-bond donors (Lipinski definition) is 1. The standard InChI is InChI=1S/C13H21N3O/c1-10(14)11-4-5-15-12(8-11)16-6-7-17-13(2,3)9-16/h4-5,8,10H,6-7,9,14H2,1-3H3/t10-/m0/s1. The summed E-state index contributed by atoms with van der Waals surface area (Å²) in [7, 11) is 0. The minimum Gasteiger partial charge on any atom is -0.372 e. The zero-order valence-corrected chi connectivity index (χ0v) is 10.8. The first-order valence-corrected chi connectivity index (χ1v) is 6.08. The van der Waals surface area contributed by atoms with Gasteiger partial charge >= 0.3 is 0 Å². The predicted octanol–water partition coefficient (Wildman–Crippen LogP) is 1.72. The Hall–Kier alpha value is -1.13. The van der Waals surface area contributed by atoms with Crippen LogP contribution >= 0.6 is 0 Å². The minimum atomic E-state index is -0.107. The van der Waals surface area contributed by atoms with Crippen molar-refractivity contribution < 1.29 is 4.74 Å². The second-order valence-corrected chi connectivity index (χ2v) is 5.27. The van der Waals surface area contributed by atoms with Crippen molar-refractivity contribution in [1.29, 1.82) is 0 Å². The molecule has 0 radical (unpaired) electrons. The number of anilines is 1. The van der Waals surface area contributed by atoms with Crippen molar-refractivity contribution >= 4 is 5.82 Å². The smallest absolute Gasteiger partial charge is 0.128 e. The Kier molecular flexibility index (Phi) is 3.35. The molecule has 1 atom stereocenters. The Bertz CT molecular complexity index is 390. The highest BCUT2D eigenvalue weighted by atomic mass is 16.5. The van der Waals surface area contributed by atoms with Crippen LogP contribution in [0.3, 0.4) is 0 Å². The van der Waals surface area contributed by atoms with E-state index in [0.29, 0.717) is 0 Å². The first-order valence-electron chi connectivity index (χ1n) is 6.08. The highest BCUT2D eigenvalue weighted by Gasteiger charge is 2.27. The third kappa shape index (κ3) is 2.96. The SMILES string of the molecule is C[C@H](N)c1ccnc(N2CCOC(C)(C)C2)c1. The minimum absolute atomic E-state index is 0.0470. The van der Waals surface area contributed by atoms with Crippen LogP contribution < -0.4 is 10.6 Å². The van der Waals surface area contributed by atoms with Crippen LogP contribution in [0.5, 0.6) is 0 Å². The van der Waals surface area contributed by atoms with E-state index >= 15 is 0 Å². The van der Waals surface area contributed by atoms with Gasteiger partial charge in [0.25, 0.3) is 0 Å². The molecule has 0 saturated carbocycles. The van der Waals surface area contributed by atoms with Gasteiger partial charge in [-0.25, -0.2) is 4.98 Å². The van der Waals surface area contributed by atoms with Crippen LogP contribution in [0.1, 0.15) is 32.4 Å². The van der Waals surface area contributed by atoms with E-state index in [0.717, 1.165) is 31.1 Å². The summed E-state index contributed by atoms with van der Waals surface area (Å²) in [6.07, 6.45) is 1.83. The molecule has 4 nitrogen and oxygen atoms in total. The molecule has 0 amide bonds. The van der Waals surface area contributed by atoms with E-state index in [-0.39, 0.29) is 11.6 Å². The second kappa shape index (κ2) is 4.63. The predicted molar refractivity (Wildman–Crippen MR) is 69.1 cm³/mol. The van der Waals surface area contributed by atoms with Gasteiger partial charge in [0.05, 0.1) is 12.2 Å². The molecule has 0 aromatic carbocycles. The number of pyridine rings is 1. The fraction of sp³-hybridized carbons (Fsp3) is 0.615. The summed E-state index contributed by atoms with van der Waals surface area (Å²) in [5.74, 6) is 0.996. The van der Waals surface area contributed by atoms with Gasteiger partial charge in [-0.15, -0.1) is 0 Å². The maximum absolute atomic E-state index is 5.89. The summed E-state index contributed by atoms with van der Waals surface area (Å²) in [5.41, 5.74) is 6.91. The van der Waals surface area contributed by atoms with Gasteiger partial charge in [-0.05, 0) is 38.5 Å².